The highest BCUT2D eigenvalue weighted by Crippen LogP contribution is 2.23. The Morgan fingerprint density at radius 3 is 2.39 bits per heavy atom. The van der Waals surface area contributed by atoms with E-state index in [1.165, 1.54) is 0 Å². The van der Waals surface area contributed by atoms with E-state index in [1.807, 2.05) is 72.8 Å². The molecule has 0 fully saturated rings. The third kappa shape index (κ3) is 6.48. The zero-order valence-corrected chi connectivity index (χ0v) is 19.0. The van der Waals surface area contributed by atoms with E-state index in [0.717, 1.165) is 21.9 Å². The molecule has 0 aliphatic rings. The van der Waals surface area contributed by atoms with Crippen LogP contribution < -0.4 is 14.9 Å². The predicted molar refractivity (Wildman–Crippen MR) is 132 cm³/mol. The average Bonchev–Trinajstić information content (AvgIpc) is 2.83. The molecule has 0 radical (unpaired) electrons. The van der Waals surface area contributed by atoms with Gasteiger partial charge in [0.05, 0.1) is 6.21 Å². The van der Waals surface area contributed by atoms with Crippen LogP contribution in [0.1, 0.15) is 11.1 Å². The number of benzene rings is 4. The molecule has 1 N–H and O–H groups in total. The molecule has 4 aromatic rings. The van der Waals surface area contributed by atoms with Gasteiger partial charge in [-0.3, -0.25) is 4.79 Å². The summed E-state index contributed by atoms with van der Waals surface area (Å²) in [5.74, 6) is 0.966. The van der Waals surface area contributed by atoms with Gasteiger partial charge in [-0.25, -0.2) is 5.43 Å². The number of halogens is 2. The Balaban J connectivity index is 1.23. The zero-order chi connectivity index (χ0) is 23.0. The van der Waals surface area contributed by atoms with E-state index in [9.17, 15) is 4.79 Å². The summed E-state index contributed by atoms with van der Waals surface area (Å²) < 4.78 is 11.3. The Bertz CT molecular complexity index is 1290. The molecule has 0 atom stereocenters. The summed E-state index contributed by atoms with van der Waals surface area (Å²) in [5, 5.41) is 7.28. The molecule has 0 aliphatic carbocycles. The number of carbonyl (C=O) groups is 1. The van der Waals surface area contributed by atoms with Crippen molar-refractivity contribution in [3.63, 3.8) is 0 Å². The molecule has 0 saturated heterocycles. The van der Waals surface area contributed by atoms with Crippen LogP contribution in [-0.2, 0) is 11.4 Å². The number of fused-ring (bicyclic) bond motifs is 1. The number of rotatable bonds is 8. The summed E-state index contributed by atoms with van der Waals surface area (Å²) in [4.78, 5) is 12.0. The summed E-state index contributed by atoms with van der Waals surface area (Å²) in [6.07, 6.45) is 1.55. The lowest BCUT2D eigenvalue weighted by Gasteiger charge is -2.08. The Morgan fingerprint density at radius 1 is 0.848 bits per heavy atom. The van der Waals surface area contributed by atoms with Crippen LogP contribution in [0, 0.1) is 0 Å². The largest absolute Gasteiger partial charge is 0.489 e. The lowest BCUT2D eigenvalue weighted by molar-refractivity contribution is -0.123. The van der Waals surface area contributed by atoms with Crippen LogP contribution in [0.4, 0.5) is 0 Å². The van der Waals surface area contributed by atoms with Gasteiger partial charge >= 0.3 is 0 Å². The fraction of sp³-hybridized carbons (Fsp3) is 0.0769. The molecule has 166 valence electrons. The molecule has 0 spiro atoms. The second kappa shape index (κ2) is 10.9. The normalized spacial score (nSPS) is 11.0. The minimum atomic E-state index is -0.348. The van der Waals surface area contributed by atoms with E-state index in [4.69, 9.17) is 32.7 Å². The van der Waals surface area contributed by atoms with Crippen LogP contribution in [0.25, 0.3) is 10.8 Å². The monoisotopic (exact) mass is 478 g/mol. The molecule has 4 rings (SSSR count). The highest BCUT2D eigenvalue weighted by molar-refractivity contribution is 6.35. The second-order valence-corrected chi connectivity index (χ2v) is 8.03. The van der Waals surface area contributed by atoms with Gasteiger partial charge in [0, 0.05) is 15.6 Å². The van der Waals surface area contributed by atoms with Crippen LogP contribution >= 0.6 is 23.2 Å². The molecule has 7 heteroatoms. The van der Waals surface area contributed by atoms with Crippen molar-refractivity contribution in [1.29, 1.82) is 0 Å². The van der Waals surface area contributed by atoms with Crippen LogP contribution in [0.2, 0.25) is 10.0 Å². The van der Waals surface area contributed by atoms with Gasteiger partial charge in [-0.2, -0.15) is 5.10 Å². The Kier molecular flexibility index (Phi) is 7.45. The summed E-state index contributed by atoms with van der Waals surface area (Å²) in [5.41, 5.74) is 4.11. The maximum absolute atomic E-state index is 12.0. The van der Waals surface area contributed by atoms with E-state index in [1.54, 1.807) is 18.3 Å². The molecule has 1 amide bonds. The lowest BCUT2D eigenvalue weighted by atomic mass is 10.1. The van der Waals surface area contributed by atoms with Gasteiger partial charge in [0.15, 0.2) is 6.61 Å². The van der Waals surface area contributed by atoms with Crippen molar-refractivity contribution in [2.75, 3.05) is 6.61 Å². The van der Waals surface area contributed by atoms with Crippen molar-refractivity contribution in [1.82, 2.24) is 5.43 Å². The van der Waals surface area contributed by atoms with Crippen LogP contribution in [-0.4, -0.2) is 18.7 Å². The van der Waals surface area contributed by atoms with E-state index < -0.39 is 0 Å². The van der Waals surface area contributed by atoms with Crippen LogP contribution in [0.5, 0.6) is 11.5 Å². The Hall–Kier alpha value is -3.54. The number of hydrogen-bond acceptors (Lipinski definition) is 4. The molecular formula is C26H20Cl2N2O3. The molecule has 0 aliphatic heterocycles. The number of ether oxygens (including phenoxy) is 2. The van der Waals surface area contributed by atoms with Crippen molar-refractivity contribution in [2.24, 2.45) is 5.10 Å². The van der Waals surface area contributed by atoms with Crippen molar-refractivity contribution in [3.8, 4) is 11.5 Å². The van der Waals surface area contributed by atoms with Gasteiger partial charge in [-0.15, -0.1) is 0 Å². The van der Waals surface area contributed by atoms with Crippen molar-refractivity contribution >= 4 is 46.1 Å². The summed E-state index contributed by atoms with van der Waals surface area (Å²) in [7, 11) is 0. The first-order valence-corrected chi connectivity index (χ1v) is 10.9. The zero-order valence-electron chi connectivity index (χ0n) is 17.5. The molecule has 5 nitrogen and oxygen atoms in total. The first-order chi connectivity index (χ1) is 16.1. The third-order valence-corrected chi connectivity index (χ3v) is 5.37. The molecule has 0 heterocycles. The number of hydrogen-bond donors (Lipinski definition) is 1. The number of hydrazone groups is 1. The average molecular weight is 479 g/mol. The minimum Gasteiger partial charge on any atom is -0.489 e. The maximum Gasteiger partial charge on any atom is 0.277 e. The number of nitrogens with zero attached hydrogens (tertiary/aromatic N) is 1. The van der Waals surface area contributed by atoms with E-state index in [0.29, 0.717) is 28.2 Å². The van der Waals surface area contributed by atoms with E-state index in [2.05, 4.69) is 10.5 Å². The molecule has 4 aromatic carbocycles. The third-order valence-electron chi connectivity index (χ3n) is 4.78. The molecule has 0 bridgehead atoms. The summed E-state index contributed by atoms with van der Waals surface area (Å²) in [6.45, 7) is 0.201. The number of nitrogens with one attached hydrogen (secondary N) is 1. The van der Waals surface area contributed by atoms with Gasteiger partial charge < -0.3 is 9.47 Å². The highest BCUT2D eigenvalue weighted by atomic mass is 35.5. The molecular weight excluding hydrogens is 459 g/mol. The van der Waals surface area contributed by atoms with E-state index in [-0.39, 0.29) is 12.5 Å². The standard InChI is InChI=1S/C26H20Cl2N2O3/c27-22-9-7-21(25(28)14-22)16-32-23-10-5-18(6-11-23)15-29-30-26(31)17-33-24-12-8-19-3-1-2-4-20(19)13-24/h1-15H,16-17H2,(H,30,31). The van der Waals surface area contributed by atoms with Crippen molar-refractivity contribution in [3.05, 3.63) is 106 Å². The van der Waals surface area contributed by atoms with Gasteiger partial charge in [0.1, 0.15) is 18.1 Å². The smallest absolute Gasteiger partial charge is 0.277 e. The Morgan fingerprint density at radius 2 is 1.61 bits per heavy atom. The van der Waals surface area contributed by atoms with Crippen LogP contribution in [0.15, 0.2) is 90.0 Å². The Labute approximate surface area is 201 Å². The van der Waals surface area contributed by atoms with Crippen molar-refractivity contribution in [2.45, 2.75) is 6.61 Å². The second-order valence-electron chi connectivity index (χ2n) is 7.18. The predicted octanol–water partition coefficient (Wildman–Crippen LogP) is 6.25. The van der Waals surface area contributed by atoms with Gasteiger partial charge in [0.2, 0.25) is 0 Å². The molecule has 0 aromatic heterocycles. The minimum absolute atomic E-state index is 0.129. The summed E-state index contributed by atoms with van der Waals surface area (Å²) in [6, 6.07) is 26.2. The summed E-state index contributed by atoms with van der Waals surface area (Å²) >= 11 is 12.1. The van der Waals surface area contributed by atoms with Crippen LogP contribution in [0.3, 0.4) is 0 Å². The highest BCUT2D eigenvalue weighted by Gasteiger charge is 2.04. The van der Waals surface area contributed by atoms with Crippen molar-refractivity contribution < 1.29 is 14.3 Å². The van der Waals surface area contributed by atoms with E-state index >= 15 is 0 Å². The first kappa shape index (κ1) is 22.6. The maximum atomic E-state index is 12.0. The van der Waals surface area contributed by atoms with Gasteiger partial charge in [0.25, 0.3) is 5.91 Å². The number of amides is 1. The number of carbonyl (C=O) groups excluding carboxylic acids is 1. The van der Waals surface area contributed by atoms with Gasteiger partial charge in [-0.05, 0) is 64.9 Å². The topological polar surface area (TPSA) is 59.9 Å². The molecule has 33 heavy (non-hydrogen) atoms. The quantitative estimate of drug-likeness (QED) is 0.240. The van der Waals surface area contributed by atoms with Gasteiger partial charge in [-0.1, -0.05) is 59.6 Å². The fourth-order valence-electron chi connectivity index (χ4n) is 3.07. The lowest BCUT2D eigenvalue weighted by Crippen LogP contribution is -2.24. The molecule has 0 saturated carbocycles. The SMILES string of the molecule is O=C(COc1ccc2ccccc2c1)NN=Cc1ccc(OCc2ccc(Cl)cc2Cl)cc1. The molecule has 0 unspecified atom stereocenters. The fourth-order valence-corrected chi connectivity index (χ4v) is 3.53. The first-order valence-electron chi connectivity index (χ1n) is 10.2.